The summed E-state index contributed by atoms with van der Waals surface area (Å²) in [6.07, 6.45) is 0. The molecule has 35 heavy (non-hydrogen) atoms. The van der Waals surface area contributed by atoms with Crippen LogP contribution >= 0.6 is 23.1 Å². The lowest BCUT2D eigenvalue weighted by molar-refractivity contribution is -0.127. The molecule has 5 N–H and O–H groups in total. The summed E-state index contributed by atoms with van der Waals surface area (Å²) in [5, 5.41) is 3.32. The fraction of sp³-hybridized carbons (Fsp3) is 0.250. The fourth-order valence-electron chi connectivity index (χ4n) is 3.41. The Kier molecular flexibility index (Phi) is 7.76. The molecule has 3 rings (SSSR count). The first kappa shape index (κ1) is 26.1. The molecule has 2 aromatic carbocycles. The van der Waals surface area contributed by atoms with Crippen molar-refractivity contribution in [2.24, 2.45) is 5.73 Å². The molecule has 0 aliphatic carbocycles. The Morgan fingerprint density at radius 2 is 1.77 bits per heavy atom. The summed E-state index contributed by atoms with van der Waals surface area (Å²) >= 11 is 6.73. The van der Waals surface area contributed by atoms with E-state index >= 15 is 0 Å². The molecule has 0 bridgehead atoms. The summed E-state index contributed by atoms with van der Waals surface area (Å²) in [6.45, 7) is 5.13. The SMILES string of the molecule is CC(C)(C)NC(=O)C(c1ccc(Cl)cc1)N(Cc1ccccc1F)C(=O)c1snc(C(N)=O)c1N. The standard InChI is InChI=1S/C24H25ClFN5O3S/c1-24(2,3)29-22(33)19(13-8-10-15(25)11-9-13)31(12-14-6-4-5-7-16(14)26)23(34)20-17(27)18(21(28)32)30-35-20/h4-11,19H,12,27H2,1-3H3,(H2,28,32)(H,29,33). The molecule has 3 amide bonds. The minimum Gasteiger partial charge on any atom is -0.395 e. The van der Waals surface area contributed by atoms with Gasteiger partial charge in [0.1, 0.15) is 16.7 Å². The van der Waals surface area contributed by atoms with Crippen LogP contribution in [0.3, 0.4) is 0 Å². The minimum atomic E-state index is -1.18. The molecule has 11 heteroatoms. The average molecular weight is 518 g/mol. The maximum atomic E-state index is 14.6. The normalized spacial score (nSPS) is 12.1. The van der Waals surface area contributed by atoms with Gasteiger partial charge in [-0.15, -0.1) is 0 Å². The van der Waals surface area contributed by atoms with Gasteiger partial charge in [-0.3, -0.25) is 14.4 Å². The third-order valence-corrected chi connectivity index (χ3v) is 6.06. The summed E-state index contributed by atoms with van der Waals surface area (Å²) in [6, 6.07) is 11.1. The fourth-order valence-corrected chi connectivity index (χ4v) is 4.29. The lowest BCUT2D eigenvalue weighted by Gasteiger charge is -2.33. The summed E-state index contributed by atoms with van der Waals surface area (Å²) in [5.41, 5.74) is 10.9. The number of nitrogens with two attached hydrogens (primary N) is 2. The number of nitrogen functional groups attached to an aromatic ring is 1. The van der Waals surface area contributed by atoms with Crippen LogP contribution in [0.15, 0.2) is 48.5 Å². The van der Waals surface area contributed by atoms with Gasteiger partial charge in [0, 0.05) is 16.1 Å². The van der Waals surface area contributed by atoms with E-state index in [1.54, 1.807) is 51.1 Å². The van der Waals surface area contributed by atoms with Gasteiger partial charge in [0.15, 0.2) is 5.69 Å². The molecule has 1 unspecified atom stereocenters. The largest absolute Gasteiger partial charge is 0.395 e. The third kappa shape index (κ3) is 6.14. The Hall–Kier alpha value is -3.50. The molecule has 1 atom stereocenters. The summed E-state index contributed by atoms with van der Waals surface area (Å²) in [7, 11) is 0. The van der Waals surface area contributed by atoms with Crippen LogP contribution in [-0.4, -0.2) is 32.5 Å². The molecule has 3 aromatic rings. The smallest absolute Gasteiger partial charge is 0.270 e. The molecule has 1 aromatic heterocycles. The summed E-state index contributed by atoms with van der Waals surface area (Å²) in [4.78, 5) is 40.1. The van der Waals surface area contributed by atoms with Crippen molar-refractivity contribution >= 4 is 46.5 Å². The molecule has 0 radical (unpaired) electrons. The lowest BCUT2D eigenvalue weighted by Crippen LogP contribution is -2.49. The maximum absolute atomic E-state index is 14.6. The number of rotatable bonds is 7. The number of amides is 3. The van der Waals surface area contributed by atoms with Gasteiger partial charge >= 0.3 is 0 Å². The van der Waals surface area contributed by atoms with Crippen LogP contribution in [0.5, 0.6) is 0 Å². The average Bonchev–Trinajstić information content (AvgIpc) is 3.15. The van der Waals surface area contributed by atoms with Crippen LogP contribution in [0.1, 0.15) is 58.1 Å². The number of halogens is 2. The second kappa shape index (κ2) is 10.4. The van der Waals surface area contributed by atoms with E-state index < -0.39 is 35.1 Å². The number of hydrogen-bond donors (Lipinski definition) is 3. The number of nitrogens with zero attached hydrogens (tertiary/aromatic N) is 2. The second-order valence-corrected chi connectivity index (χ2v) is 10.1. The van der Waals surface area contributed by atoms with Crippen LogP contribution in [0.4, 0.5) is 10.1 Å². The Bertz CT molecular complexity index is 1260. The van der Waals surface area contributed by atoms with Crippen molar-refractivity contribution in [3.63, 3.8) is 0 Å². The maximum Gasteiger partial charge on any atom is 0.270 e. The van der Waals surface area contributed by atoms with Gasteiger partial charge in [-0.1, -0.05) is 41.9 Å². The van der Waals surface area contributed by atoms with Gasteiger partial charge in [-0.2, -0.15) is 4.37 Å². The molecule has 1 heterocycles. The van der Waals surface area contributed by atoms with Crippen LogP contribution in [0.25, 0.3) is 0 Å². The molecule has 0 saturated heterocycles. The van der Waals surface area contributed by atoms with Crippen molar-refractivity contribution in [1.29, 1.82) is 0 Å². The van der Waals surface area contributed by atoms with E-state index in [-0.39, 0.29) is 28.4 Å². The number of nitrogens with one attached hydrogen (secondary N) is 1. The van der Waals surface area contributed by atoms with Crippen molar-refractivity contribution in [1.82, 2.24) is 14.6 Å². The van der Waals surface area contributed by atoms with E-state index in [1.165, 1.54) is 23.1 Å². The molecular weight excluding hydrogens is 493 g/mol. The summed E-state index contributed by atoms with van der Waals surface area (Å²) < 4.78 is 18.5. The first-order valence-electron chi connectivity index (χ1n) is 10.6. The quantitative estimate of drug-likeness (QED) is 0.437. The highest BCUT2D eigenvalue weighted by Crippen LogP contribution is 2.31. The number of primary amides is 1. The van der Waals surface area contributed by atoms with E-state index in [1.807, 2.05) is 0 Å². The predicted octanol–water partition coefficient (Wildman–Crippen LogP) is 3.92. The van der Waals surface area contributed by atoms with E-state index in [0.29, 0.717) is 22.1 Å². The first-order chi connectivity index (χ1) is 16.4. The zero-order valence-corrected chi connectivity index (χ0v) is 20.9. The number of benzene rings is 2. The van der Waals surface area contributed by atoms with Gasteiger partial charge in [0.05, 0.1) is 12.2 Å². The van der Waals surface area contributed by atoms with Crippen LogP contribution in [0, 0.1) is 5.82 Å². The van der Waals surface area contributed by atoms with Crippen LogP contribution < -0.4 is 16.8 Å². The molecule has 0 aliphatic rings. The molecule has 0 spiro atoms. The van der Waals surface area contributed by atoms with Gasteiger partial charge < -0.3 is 21.7 Å². The minimum absolute atomic E-state index is 0.0855. The topological polar surface area (TPSA) is 131 Å². The van der Waals surface area contributed by atoms with Crippen molar-refractivity contribution in [3.8, 4) is 0 Å². The lowest BCUT2D eigenvalue weighted by atomic mass is 10.0. The molecule has 184 valence electrons. The van der Waals surface area contributed by atoms with Gasteiger partial charge in [-0.25, -0.2) is 4.39 Å². The van der Waals surface area contributed by atoms with Crippen molar-refractivity contribution in [2.45, 2.75) is 38.9 Å². The van der Waals surface area contributed by atoms with Crippen molar-refractivity contribution in [3.05, 3.63) is 81.1 Å². The van der Waals surface area contributed by atoms with Crippen LogP contribution in [-0.2, 0) is 11.3 Å². The number of anilines is 1. The highest BCUT2D eigenvalue weighted by molar-refractivity contribution is 7.09. The molecule has 0 saturated carbocycles. The predicted molar refractivity (Wildman–Crippen MR) is 133 cm³/mol. The zero-order chi connectivity index (χ0) is 25.9. The Labute approximate surface area is 211 Å². The Morgan fingerprint density at radius 3 is 2.31 bits per heavy atom. The van der Waals surface area contributed by atoms with Gasteiger partial charge in [0.2, 0.25) is 5.91 Å². The van der Waals surface area contributed by atoms with Gasteiger partial charge in [-0.05, 0) is 56.1 Å². The molecule has 0 fully saturated rings. The van der Waals surface area contributed by atoms with E-state index in [0.717, 1.165) is 0 Å². The molecule has 8 nitrogen and oxygen atoms in total. The Balaban J connectivity index is 2.18. The van der Waals surface area contributed by atoms with E-state index in [2.05, 4.69) is 9.69 Å². The molecular formula is C24H25ClFN5O3S. The second-order valence-electron chi connectivity index (χ2n) is 8.86. The highest BCUT2D eigenvalue weighted by Gasteiger charge is 2.36. The van der Waals surface area contributed by atoms with Crippen LogP contribution in [0.2, 0.25) is 5.02 Å². The first-order valence-corrected chi connectivity index (χ1v) is 11.7. The highest BCUT2D eigenvalue weighted by atomic mass is 35.5. The zero-order valence-electron chi connectivity index (χ0n) is 19.3. The number of carbonyl (C=O) groups is 3. The molecule has 0 aliphatic heterocycles. The van der Waals surface area contributed by atoms with Crippen molar-refractivity contribution in [2.75, 3.05) is 5.73 Å². The van der Waals surface area contributed by atoms with E-state index in [4.69, 9.17) is 23.1 Å². The van der Waals surface area contributed by atoms with Gasteiger partial charge in [0.25, 0.3) is 11.8 Å². The Morgan fingerprint density at radius 1 is 1.14 bits per heavy atom. The number of aromatic nitrogens is 1. The monoisotopic (exact) mass is 517 g/mol. The number of hydrogen-bond acceptors (Lipinski definition) is 6. The van der Waals surface area contributed by atoms with Crippen molar-refractivity contribution < 1.29 is 18.8 Å². The van der Waals surface area contributed by atoms with E-state index in [9.17, 15) is 18.8 Å². The summed E-state index contributed by atoms with van der Waals surface area (Å²) in [5.74, 6) is -2.65. The number of carbonyl (C=O) groups excluding carboxylic acids is 3. The third-order valence-electron chi connectivity index (χ3n) is 4.96.